The molecule has 0 aliphatic heterocycles. The number of aromatic amines is 1. The van der Waals surface area contributed by atoms with Gasteiger partial charge in [0.2, 0.25) is 0 Å². The monoisotopic (exact) mass is 292 g/mol. The van der Waals surface area contributed by atoms with Crippen molar-refractivity contribution in [3.05, 3.63) is 46.0 Å². The quantitative estimate of drug-likeness (QED) is 0.910. The maximum absolute atomic E-state index is 12.2. The van der Waals surface area contributed by atoms with Crippen molar-refractivity contribution in [1.29, 1.82) is 0 Å². The molecule has 2 N–H and O–H groups in total. The molecule has 20 heavy (non-hydrogen) atoms. The van der Waals surface area contributed by atoms with Crippen LogP contribution in [0.1, 0.15) is 46.8 Å². The van der Waals surface area contributed by atoms with E-state index < -0.39 is 0 Å². The molecule has 0 bridgehead atoms. The molecule has 2 aromatic rings. The average molecular weight is 293 g/mol. The van der Waals surface area contributed by atoms with Crippen LogP contribution in [0.25, 0.3) is 0 Å². The number of carbonyl (C=O) groups is 1. The molecular weight excluding hydrogens is 276 g/mol. The van der Waals surface area contributed by atoms with Crippen molar-refractivity contribution in [3.63, 3.8) is 0 Å². The van der Waals surface area contributed by atoms with Gasteiger partial charge in [-0.15, -0.1) is 0 Å². The van der Waals surface area contributed by atoms with Gasteiger partial charge in [0.1, 0.15) is 0 Å². The summed E-state index contributed by atoms with van der Waals surface area (Å²) in [7, 11) is 0. The fourth-order valence-electron chi connectivity index (χ4n) is 1.93. The standard InChI is InChI=1S/C14H17ClN4O/c1-4-10(11-7-8(2)5-6-16-11)17-14(20)13-12(15)9(3)18-19-13/h5-7,10H,4H2,1-3H3,(H,17,20)(H,18,19)/t10-/m1/s1. The van der Waals surface area contributed by atoms with E-state index in [1.54, 1.807) is 13.1 Å². The summed E-state index contributed by atoms with van der Waals surface area (Å²) in [6.45, 7) is 5.76. The van der Waals surface area contributed by atoms with E-state index in [-0.39, 0.29) is 17.6 Å². The number of hydrogen-bond donors (Lipinski definition) is 2. The molecule has 1 atom stereocenters. The zero-order valence-electron chi connectivity index (χ0n) is 11.7. The van der Waals surface area contributed by atoms with Gasteiger partial charge < -0.3 is 5.32 Å². The minimum Gasteiger partial charge on any atom is -0.342 e. The molecule has 0 saturated carbocycles. The lowest BCUT2D eigenvalue weighted by molar-refractivity contribution is 0.0929. The van der Waals surface area contributed by atoms with Crippen LogP contribution < -0.4 is 5.32 Å². The third-order valence-electron chi connectivity index (χ3n) is 3.09. The Hall–Kier alpha value is -1.88. The first-order valence-corrected chi connectivity index (χ1v) is 6.84. The summed E-state index contributed by atoms with van der Waals surface area (Å²) in [6.07, 6.45) is 2.48. The summed E-state index contributed by atoms with van der Waals surface area (Å²) in [6, 6.07) is 3.73. The van der Waals surface area contributed by atoms with E-state index in [0.717, 1.165) is 17.7 Å². The molecule has 2 aromatic heterocycles. The smallest absolute Gasteiger partial charge is 0.273 e. The highest BCUT2D eigenvalue weighted by atomic mass is 35.5. The molecule has 0 aliphatic carbocycles. The first-order chi connectivity index (χ1) is 9.52. The molecule has 0 radical (unpaired) electrons. The summed E-state index contributed by atoms with van der Waals surface area (Å²) in [5.74, 6) is -0.297. The Kier molecular flexibility index (Phi) is 4.39. The van der Waals surface area contributed by atoms with Gasteiger partial charge in [-0.2, -0.15) is 5.10 Å². The fraction of sp³-hybridized carbons (Fsp3) is 0.357. The van der Waals surface area contributed by atoms with Gasteiger partial charge in [0.25, 0.3) is 5.91 Å². The highest BCUT2D eigenvalue weighted by molar-refractivity contribution is 6.34. The number of H-pyrrole nitrogens is 1. The zero-order chi connectivity index (χ0) is 14.7. The third kappa shape index (κ3) is 2.99. The van der Waals surface area contributed by atoms with Crippen LogP contribution in [0.15, 0.2) is 18.3 Å². The molecule has 106 valence electrons. The highest BCUT2D eigenvalue weighted by Gasteiger charge is 2.20. The van der Waals surface area contributed by atoms with E-state index in [4.69, 9.17) is 11.6 Å². The van der Waals surface area contributed by atoms with E-state index in [1.165, 1.54) is 0 Å². The van der Waals surface area contributed by atoms with Crippen molar-refractivity contribution >= 4 is 17.5 Å². The molecule has 0 spiro atoms. The number of carbonyl (C=O) groups excluding carboxylic acids is 1. The van der Waals surface area contributed by atoms with Crippen LogP contribution in [0.3, 0.4) is 0 Å². The van der Waals surface area contributed by atoms with Gasteiger partial charge in [0.05, 0.1) is 22.5 Å². The topological polar surface area (TPSA) is 70.7 Å². The number of aromatic nitrogens is 3. The molecule has 2 heterocycles. The number of nitrogens with zero attached hydrogens (tertiary/aromatic N) is 2. The van der Waals surface area contributed by atoms with Gasteiger partial charge >= 0.3 is 0 Å². The second-order valence-electron chi connectivity index (χ2n) is 4.70. The van der Waals surface area contributed by atoms with Crippen molar-refractivity contribution in [3.8, 4) is 0 Å². The highest BCUT2D eigenvalue weighted by Crippen LogP contribution is 2.20. The van der Waals surface area contributed by atoms with Crippen LogP contribution in [0.5, 0.6) is 0 Å². The first-order valence-electron chi connectivity index (χ1n) is 6.46. The molecule has 0 saturated heterocycles. The SMILES string of the molecule is CC[C@@H](NC(=O)c1n[nH]c(C)c1Cl)c1cc(C)ccn1. The van der Waals surface area contributed by atoms with Crippen LogP contribution >= 0.6 is 11.6 Å². The second-order valence-corrected chi connectivity index (χ2v) is 5.08. The number of halogens is 1. The van der Waals surface area contributed by atoms with E-state index in [2.05, 4.69) is 20.5 Å². The summed E-state index contributed by atoms with van der Waals surface area (Å²) in [5, 5.41) is 9.89. The van der Waals surface area contributed by atoms with Gasteiger partial charge in [0.15, 0.2) is 5.69 Å². The molecule has 0 unspecified atom stereocenters. The van der Waals surface area contributed by atoms with E-state index in [1.807, 2.05) is 26.0 Å². The van der Waals surface area contributed by atoms with E-state index >= 15 is 0 Å². The van der Waals surface area contributed by atoms with Crippen molar-refractivity contribution < 1.29 is 4.79 Å². The Morgan fingerprint density at radius 1 is 1.50 bits per heavy atom. The third-order valence-corrected chi connectivity index (χ3v) is 3.56. The van der Waals surface area contributed by atoms with Crippen molar-refractivity contribution in [2.75, 3.05) is 0 Å². The molecule has 2 rings (SSSR count). The number of nitrogens with one attached hydrogen (secondary N) is 2. The predicted molar refractivity (Wildman–Crippen MR) is 77.8 cm³/mol. The van der Waals surface area contributed by atoms with Crippen LogP contribution in [-0.4, -0.2) is 21.1 Å². The van der Waals surface area contributed by atoms with E-state index in [0.29, 0.717) is 10.7 Å². The van der Waals surface area contributed by atoms with Crippen molar-refractivity contribution in [1.82, 2.24) is 20.5 Å². The Balaban J connectivity index is 2.18. The second kappa shape index (κ2) is 6.05. The molecule has 5 nitrogen and oxygen atoms in total. The zero-order valence-corrected chi connectivity index (χ0v) is 12.5. The Morgan fingerprint density at radius 2 is 2.25 bits per heavy atom. The molecule has 6 heteroatoms. The minimum atomic E-state index is -0.297. The molecule has 0 aliphatic rings. The average Bonchev–Trinajstić information content (AvgIpc) is 2.76. The van der Waals surface area contributed by atoms with Gasteiger partial charge in [-0.25, -0.2) is 0 Å². The summed E-state index contributed by atoms with van der Waals surface area (Å²) in [5.41, 5.74) is 2.84. The van der Waals surface area contributed by atoms with Crippen LogP contribution in [-0.2, 0) is 0 Å². The number of aryl methyl sites for hydroxylation is 2. The van der Waals surface area contributed by atoms with Crippen LogP contribution in [0, 0.1) is 13.8 Å². The molecular formula is C14H17ClN4O. The fourth-order valence-corrected chi connectivity index (χ4v) is 2.10. The normalized spacial score (nSPS) is 12.2. The molecule has 1 amide bonds. The van der Waals surface area contributed by atoms with Gasteiger partial charge in [-0.1, -0.05) is 18.5 Å². The maximum atomic E-state index is 12.2. The van der Waals surface area contributed by atoms with Crippen molar-refractivity contribution in [2.24, 2.45) is 0 Å². The molecule has 0 fully saturated rings. The lowest BCUT2D eigenvalue weighted by Gasteiger charge is -2.16. The van der Waals surface area contributed by atoms with Gasteiger partial charge in [-0.3, -0.25) is 14.9 Å². The number of pyridine rings is 1. The van der Waals surface area contributed by atoms with Gasteiger partial charge in [-0.05, 0) is 38.0 Å². The lowest BCUT2D eigenvalue weighted by Crippen LogP contribution is -2.29. The lowest BCUT2D eigenvalue weighted by atomic mass is 10.1. The minimum absolute atomic E-state index is 0.157. The Labute approximate surface area is 122 Å². The number of rotatable bonds is 4. The summed E-state index contributed by atoms with van der Waals surface area (Å²) < 4.78 is 0. The summed E-state index contributed by atoms with van der Waals surface area (Å²) >= 11 is 6.03. The van der Waals surface area contributed by atoms with Crippen LogP contribution in [0.4, 0.5) is 0 Å². The maximum Gasteiger partial charge on any atom is 0.273 e. The Bertz CT molecular complexity index is 623. The van der Waals surface area contributed by atoms with E-state index in [9.17, 15) is 4.79 Å². The van der Waals surface area contributed by atoms with Crippen LogP contribution in [0.2, 0.25) is 5.02 Å². The predicted octanol–water partition coefficient (Wildman–Crippen LogP) is 2.96. The Morgan fingerprint density at radius 3 is 2.80 bits per heavy atom. The van der Waals surface area contributed by atoms with Gasteiger partial charge in [0, 0.05) is 6.20 Å². The largest absolute Gasteiger partial charge is 0.342 e. The van der Waals surface area contributed by atoms with Crippen molar-refractivity contribution in [2.45, 2.75) is 33.2 Å². The number of hydrogen-bond acceptors (Lipinski definition) is 3. The molecule has 0 aromatic carbocycles. The number of amides is 1. The first kappa shape index (κ1) is 14.5. The summed E-state index contributed by atoms with van der Waals surface area (Å²) in [4.78, 5) is 16.5.